The van der Waals surface area contributed by atoms with E-state index in [-0.39, 0.29) is 0 Å². The summed E-state index contributed by atoms with van der Waals surface area (Å²) in [6, 6.07) is 0.773. The van der Waals surface area contributed by atoms with Crippen LogP contribution in [0.4, 0.5) is 0 Å². The van der Waals surface area contributed by atoms with Crippen molar-refractivity contribution in [3.63, 3.8) is 0 Å². The lowest BCUT2D eigenvalue weighted by Crippen LogP contribution is -2.16. The van der Waals surface area contributed by atoms with Gasteiger partial charge in [0.2, 0.25) is 0 Å². The third-order valence-electron chi connectivity index (χ3n) is 1.57. The van der Waals surface area contributed by atoms with Crippen molar-refractivity contribution in [2.45, 2.75) is 40.2 Å². The molecule has 1 nitrogen and oxygen atoms in total. The van der Waals surface area contributed by atoms with E-state index in [0.29, 0.717) is 0 Å². The SMILES string of the molecule is CC.CC1CNC(C)C1. The molecule has 0 aromatic carbocycles. The van der Waals surface area contributed by atoms with Gasteiger partial charge in [-0.05, 0) is 25.8 Å². The fraction of sp³-hybridized carbons (Fsp3) is 1.00. The molecule has 56 valence electrons. The molecule has 1 heterocycles. The maximum absolute atomic E-state index is 3.37. The lowest BCUT2D eigenvalue weighted by molar-refractivity contribution is 0.622. The van der Waals surface area contributed by atoms with Gasteiger partial charge in [0.25, 0.3) is 0 Å². The summed E-state index contributed by atoms with van der Waals surface area (Å²) in [6.07, 6.45) is 1.36. The molecule has 0 amide bonds. The second-order valence-corrected chi connectivity index (χ2v) is 2.65. The van der Waals surface area contributed by atoms with Gasteiger partial charge < -0.3 is 5.32 Å². The Morgan fingerprint density at radius 2 is 1.78 bits per heavy atom. The molecule has 0 aliphatic carbocycles. The van der Waals surface area contributed by atoms with Crippen LogP contribution < -0.4 is 5.32 Å². The molecule has 1 heteroatoms. The molecule has 2 atom stereocenters. The Balaban J connectivity index is 0.000000291. The van der Waals surface area contributed by atoms with Crippen LogP contribution in [-0.4, -0.2) is 12.6 Å². The molecule has 9 heavy (non-hydrogen) atoms. The fourth-order valence-corrected chi connectivity index (χ4v) is 1.17. The van der Waals surface area contributed by atoms with E-state index in [1.807, 2.05) is 13.8 Å². The highest BCUT2D eigenvalue weighted by atomic mass is 14.9. The van der Waals surface area contributed by atoms with Crippen LogP contribution in [0, 0.1) is 5.92 Å². The van der Waals surface area contributed by atoms with E-state index in [4.69, 9.17) is 0 Å². The summed E-state index contributed by atoms with van der Waals surface area (Å²) >= 11 is 0. The number of hydrogen-bond donors (Lipinski definition) is 1. The van der Waals surface area contributed by atoms with Crippen LogP contribution in [-0.2, 0) is 0 Å². The van der Waals surface area contributed by atoms with Crippen molar-refractivity contribution in [2.75, 3.05) is 6.54 Å². The predicted octanol–water partition coefficient (Wildman–Crippen LogP) is 2.03. The van der Waals surface area contributed by atoms with Gasteiger partial charge in [0.15, 0.2) is 0 Å². The van der Waals surface area contributed by atoms with Gasteiger partial charge in [0, 0.05) is 6.04 Å². The summed E-state index contributed by atoms with van der Waals surface area (Å²) in [7, 11) is 0. The lowest BCUT2D eigenvalue weighted by atomic mass is 10.1. The van der Waals surface area contributed by atoms with Gasteiger partial charge in [-0.3, -0.25) is 0 Å². The topological polar surface area (TPSA) is 12.0 Å². The van der Waals surface area contributed by atoms with Crippen LogP contribution in [0.3, 0.4) is 0 Å². The maximum Gasteiger partial charge on any atom is 0.00418 e. The van der Waals surface area contributed by atoms with Crippen molar-refractivity contribution in [2.24, 2.45) is 5.92 Å². The molecule has 1 N–H and O–H groups in total. The van der Waals surface area contributed by atoms with Crippen molar-refractivity contribution >= 4 is 0 Å². The Morgan fingerprint density at radius 1 is 1.22 bits per heavy atom. The minimum absolute atomic E-state index is 0.773. The zero-order valence-electron chi connectivity index (χ0n) is 7.07. The third-order valence-corrected chi connectivity index (χ3v) is 1.57. The number of rotatable bonds is 0. The molecular weight excluding hydrogens is 110 g/mol. The standard InChI is InChI=1S/C6H13N.C2H6/c1-5-3-6(2)7-4-5;1-2/h5-7H,3-4H2,1-2H3;1-2H3. The molecule has 0 saturated carbocycles. The molecule has 1 aliphatic heterocycles. The molecule has 1 rings (SSSR count). The number of nitrogens with one attached hydrogen (secondary N) is 1. The average Bonchev–Trinajstić information content (AvgIpc) is 2.20. The van der Waals surface area contributed by atoms with E-state index in [0.717, 1.165) is 12.0 Å². The minimum Gasteiger partial charge on any atom is -0.314 e. The highest BCUT2D eigenvalue weighted by molar-refractivity contribution is 4.74. The van der Waals surface area contributed by atoms with Crippen LogP contribution >= 0.6 is 0 Å². The summed E-state index contributed by atoms with van der Waals surface area (Å²) in [5.41, 5.74) is 0. The smallest absolute Gasteiger partial charge is 0.00418 e. The molecule has 0 aromatic rings. The Kier molecular flexibility index (Phi) is 4.78. The first-order valence-corrected chi connectivity index (χ1v) is 4.02. The normalized spacial score (nSPS) is 33.3. The molecule has 0 bridgehead atoms. The predicted molar refractivity (Wildman–Crippen MR) is 42.6 cm³/mol. The van der Waals surface area contributed by atoms with E-state index >= 15 is 0 Å². The van der Waals surface area contributed by atoms with Crippen LogP contribution in [0.25, 0.3) is 0 Å². The largest absolute Gasteiger partial charge is 0.314 e. The van der Waals surface area contributed by atoms with Crippen LogP contribution in [0.1, 0.15) is 34.1 Å². The highest BCUT2D eigenvalue weighted by Gasteiger charge is 2.14. The van der Waals surface area contributed by atoms with Gasteiger partial charge in [0.05, 0.1) is 0 Å². The fourth-order valence-electron chi connectivity index (χ4n) is 1.17. The highest BCUT2D eigenvalue weighted by Crippen LogP contribution is 2.10. The molecule has 1 fully saturated rings. The third kappa shape index (κ3) is 3.52. The first-order chi connectivity index (χ1) is 4.29. The van der Waals surface area contributed by atoms with E-state index in [1.54, 1.807) is 0 Å². The van der Waals surface area contributed by atoms with Gasteiger partial charge in [-0.15, -0.1) is 0 Å². The Hall–Kier alpha value is -0.0400. The zero-order valence-corrected chi connectivity index (χ0v) is 7.07. The number of hydrogen-bond acceptors (Lipinski definition) is 1. The van der Waals surface area contributed by atoms with Crippen LogP contribution in [0.2, 0.25) is 0 Å². The summed E-state index contributed by atoms with van der Waals surface area (Å²) in [5.74, 6) is 0.912. The van der Waals surface area contributed by atoms with Crippen molar-refractivity contribution in [1.29, 1.82) is 0 Å². The molecular formula is C8H19N. The molecule has 0 spiro atoms. The second kappa shape index (κ2) is 4.80. The average molecular weight is 129 g/mol. The molecule has 0 aromatic heterocycles. The van der Waals surface area contributed by atoms with E-state index in [1.165, 1.54) is 13.0 Å². The molecule has 1 saturated heterocycles. The first-order valence-electron chi connectivity index (χ1n) is 4.02. The van der Waals surface area contributed by atoms with Crippen molar-refractivity contribution in [3.8, 4) is 0 Å². The van der Waals surface area contributed by atoms with Gasteiger partial charge in [-0.2, -0.15) is 0 Å². The van der Waals surface area contributed by atoms with Crippen LogP contribution in [0.15, 0.2) is 0 Å². The van der Waals surface area contributed by atoms with E-state index < -0.39 is 0 Å². The summed E-state index contributed by atoms with van der Waals surface area (Å²) < 4.78 is 0. The van der Waals surface area contributed by atoms with Crippen molar-refractivity contribution < 1.29 is 0 Å². The summed E-state index contributed by atoms with van der Waals surface area (Å²) in [6.45, 7) is 9.75. The quantitative estimate of drug-likeness (QED) is 0.527. The summed E-state index contributed by atoms with van der Waals surface area (Å²) in [5, 5.41) is 3.37. The Labute approximate surface area is 58.8 Å². The molecule has 0 radical (unpaired) electrons. The Bertz CT molecular complexity index is 53.6. The van der Waals surface area contributed by atoms with E-state index in [2.05, 4.69) is 19.2 Å². The first kappa shape index (κ1) is 8.96. The van der Waals surface area contributed by atoms with Gasteiger partial charge in [0.1, 0.15) is 0 Å². The van der Waals surface area contributed by atoms with Gasteiger partial charge in [-0.1, -0.05) is 20.8 Å². The van der Waals surface area contributed by atoms with Gasteiger partial charge in [-0.25, -0.2) is 0 Å². The summed E-state index contributed by atoms with van der Waals surface area (Å²) in [4.78, 5) is 0. The molecule has 1 aliphatic rings. The second-order valence-electron chi connectivity index (χ2n) is 2.65. The van der Waals surface area contributed by atoms with Crippen LogP contribution in [0.5, 0.6) is 0 Å². The lowest BCUT2D eigenvalue weighted by Gasteiger charge is -1.96. The maximum atomic E-state index is 3.37. The van der Waals surface area contributed by atoms with E-state index in [9.17, 15) is 0 Å². The van der Waals surface area contributed by atoms with Gasteiger partial charge >= 0.3 is 0 Å². The zero-order chi connectivity index (χ0) is 7.28. The van der Waals surface area contributed by atoms with Crippen molar-refractivity contribution in [1.82, 2.24) is 5.32 Å². The Morgan fingerprint density at radius 3 is 1.89 bits per heavy atom. The monoisotopic (exact) mass is 129 g/mol. The minimum atomic E-state index is 0.773. The van der Waals surface area contributed by atoms with Crippen molar-refractivity contribution in [3.05, 3.63) is 0 Å². The molecule has 2 unspecified atom stereocenters.